The lowest BCUT2D eigenvalue weighted by atomic mass is 10.2. The van der Waals surface area contributed by atoms with Gasteiger partial charge in [0.05, 0.1) is 12.7 Å². The number of rotatable bonds is 6. The van der Waals surface area contributed by atoms with Crippen LogP contribution in [0.4, 0.5) is 0 Å². The molecule has 1 saturated heterocycles. The van der Waals surface area contributed by atoms with Gasteiger partial charge in [-0.25, -0.2) is 9.97 Å². The van der Waals surface area contributed by atoms with Gasteiger partial charge in [-0.1, -0.05) is 18.7 Å². The molecule has 0 radical (unpaired) electrons. The monoisotopic (exact) mass is 282 g/mol. The van der Waals surface area contributed by atoms with Crippen molar-refractivity contribution in [2.75, 3.05) is 32.0 Å². The number of hydrogen-bond acceptors (Lipinski definition) is 6. The van der Waals surface area contributed by atoms with Crippen LogP contribution in [-0.4, -0.2) is 53.0 Å². The number of morpholine rings is 1. The van der Waals surface area contributed by atoms with Gasteiger partial charge in [-0.2, -0.15) is 0 Å². The molecule has 1 atom stereocenters. The van der Waals surface area contributed by atoms with E-state index in [-0.39, 0.29) is 6.10 Å². The van der Waals surface area contributed by atoms with Crippen LogP contribution in [0.1, 0.15) is 18.9 Å². The minimum atomic E-state index is 0.161. The van der Waals surface area contributed by atoms with Gasteiger partial charge < -0.3 is 10.5 Å². The zero-order valence-electron chi connectivity index (χ0n) is 11.4. The Morgan fingerprint density at radius 2 is 2.26 bits per heavy atom. The Bertz CT molecular complexity index is 373. The molecule has 19 heavy (non-hydrogen) atoms. The number of aromatic nitrogens is 2. The molecule has 106 valence electrons. The molecule has 0 spiro atoms. The second-order valence-electron chi connectivity index (χ2n) is 4.69. The van der Waals surface area contributed by atoms with Crippen molar-refractivity contribution in [2.24, 2.45) is 5.73 Å². The van der Waals surface area contributed by atoms with Gasteiger partial charge >= 0.3 is 0 Å². The van der Waals surface area contributed by atoms with Gasteiger partial charge in [0.15, 0.2) is 5.16 Å². The van der Waals surface area contributed by atoms with Crippen molar-refractivity contribution in [2.45, 2.75) is 31.1 Å². The lowest BCUT2D eigenvalue weighted by Gasteiger charge is -2.32. The second kappa shape index (κ2) is 7.79. The van der Waals surface area contributed by atoms with Crippen molar-refractivity contribution in [1.29, 1.82) is 0 Å². The molecule has 1 fully saturated rings. The maximum absolute atomic E-state index is 5.65. The summed E-state index contributed by atoms with van der Waals surface area (Å²) in [6.07, 6.45) is 5.16. The molecule has 1 aromatic rings. The fourth-order valence-corrected chi connectivity index (χ4v) is 2.66. The normalized spacial score (nSPS) is 20.6. The summed E-state index contributed by atoms with van der Waals surface area (Å²) < 4.78 is 5.56. The third-order valence-electron chi connectivity index (χ3n) is 3.01. The molecule has 1 aliphatic heterocycles. The maximum atomic E-state index is 5.65. The van der Waals surface area contributed by atoms with E-state index in [2.05, 4.69) is 21.8 Å². The van der Waals surface area contributed by atoms with Crippen molar-refractivity contribution >= 4 is 11.8 Å². The van der Waals surface area contributed by atoms with Gasteiger partial charge in [0, 0.05) is 49.9 Å². The predicted molar refractivity (Wildman–Crippen MR) is 77.1 cm³/mol. The Morgan fingerprint density at radius 3 is 2.95 bits per heavy atom. The quantitative estimate of drug-likeness (QED) is 0.623. The topological polar surface area (TPSA) is 64.3 Å². The average Bonchev–Trinajstić information content (AvgIpc) is 2.47. The van der Waals surface area contributed by atoms with Crippen molar-refractivity contribution in [3.8, 4) is 0 Å². The Morgan fingerprint density at radius 1 is 1.47 bits per heavy atom. The van der Waals surface area contributed by atoms with Gasteiger partial charge in [-0.3, -0.25) is 4.90 Å². The van der Waals surface area contributed by atoms with E-state index in [1.807, 2.05) is 12.4 Å². The Kier molecular flexibility index (Phi) is 6.03. The molecule has 0 aliphatic carbocycles. The van der Waals surface area contributed by atoms with E-state index < -0.39 is 0 Å². The van der Waals surface area contributed by atoms with E-state index >= 15 is 0 Å². The Balaban J connectivity index is 1.85. The van der Waals surface area contributed by atoms with Gasteiger partial charge in [0.1, 0.15) is 0 Å². The van der Waals surface area contributed by atoms with Crippen LogP contribution in [0.3, 0.4) is 0 Å². The summed E-state index contributed by atoms with van der Waals surface area (Å²) >= 11 is 1.71. The molecule has 2 N–H and O–H groups in total. The lowest BCUT2D eigenvalue weighted by Crippen LogP contribution is -2.45. The van der Waals surface area contributed by atoms with Crippen LogP contribution < -0.4 is 5.73 Å². The first-order valence-electron chi connectivity index (χ1n) is 6.79. The predicted octanol–water partition coefficient (Wildman–Crippen LogP) is 1.14. The second-order valence-corrected chi connectivity index (χ2v) is 5.75. The van der Waals surface area contributed by atoms with Gasteiger partial charge in [-0.05, 0) is 6.42 Å². The van der Waals surface area contributed by atoms with Crippen molar-refractivity contribution in [3.05, 3.63) is 18.0 Å². The van der Waals surface area contributed by atoms with E-state index in [4.69, 9.17) is 10.5 Å². The van der Waals surface area contributed by atoms with Crippen LogP contribution >= 0.6 is 11.8 Å². The highest BCUT2D eigenvalue weighted by Gasteiger charge is 2.19. The van der Waals surface area contributed by atoms with E-state index in [0.29, 0.717) is 6.54 Å². The average molecular weight is 282 g/mol. The van der Waals surface area contributed by atoms with Crippen LogP contribution in [0.5, 0.6) is 0 Å². The minimum absolute atomic E-state index is 0.161. The molecule has 1 aromatic heterocycles. The lowest BCUT2D eigenvalue weighted by molar-refractivity contribution is -0.0261. The maximum Gasteiger partial charge on any atom is 0.187 e. The molecule has 0 unspecified atom stereocenters. The molecular weight excluding hydrogens is 260 g/mol. The molecule has 0 bridgehead atoms. The van der Waals surface area contributed by atoms with Crippen LogP contribution in [-0.2, 0) is 11.3 Å². The molecular formula is C13H22N4OS. The van der Waals surface area contributed by atoms with Crippen molar-refractivity contribution in [3.63, 3.8) is 0 Å². The van der Waals surface area contributed by atoms with Crippen LogP contribution in [0.2, 0.25) is 0 Å². The third kappa shape index (κ3) is 4.72. The first kappa shape index (κ1) is 14.7. The first-order chi connectivity index (χ1) is 9.31. The van der Waals surface area contributed by atoms with Crippen molar-refractivity contribution < 1.29 is 4.74 Å². The highest BCUT2D eigenvalue weighted by molar-refractivity contribution is 7.99. The largest absolute Gasteiger partial charge is 0.374 e. The number of hydrogen-bond donors (Lipinski definition) is 1. The van der Waals surface area contributed by atoms with E-state index in [1.54, 1.807) is 11.8 Å². The number of ether oxygens (including phenoxy) is 1. The third-order valence-corrected chi connectivity index (χ3v) is 4.09. The zero-order valence-corrected chi connectivity index (χ0v) is 12.2. The summed E-state index contributed by atoms with van der Waals surface area (Å²) in [5.41, 5.74) is 6.80. The zero-order chi connectivity index (χ0) is 13.5. The molecule has 6 heteroatoms. The fourth-order valence-electron chi connectivity index (χ4n) is 2.02. The van der Waals surface area contributed by atoms with Gasteiger partial charge in [-0.15, -0.1) is 0 Å². The number of thioether (sulfide) groups is 1. The standard InChI is InChI=1S/C13H22N4OS/c1-2-5-19-13-15-7-11(8-16-13)9-17-3-4-18-12(6-14)10-17/h7-8,12H,2-6,9-10,14H2,1H3/t12-/m0/s1. The summed E-state index contributed by atoms with van der Waals surface area (Å²) in [5, 5.41) is 0.868. The van der Waals surface area contributed by atoms with Gasteiger partial charge in [0.2, 0.25) is 0 Å². The molecule has 2 heterocycles. The first-order valence-corrected chi connectivity index (χ1v) is 7.78. The molecule has 0 saturated carbocycles. The number of nitrogens with zero attached hydrogens (tertiary/aromatic N) is 3. The van der Waals surface area contributed by atoms with Crippen molar-refractivity contribution in [1.82, 2.24) is 14.9 Å². The number of nitrogens with two attached hydrogens (primary N) is 1. The van der Waals surface area contributed by atoms with E-state index in [1.165, 1.54) is 0 Å². The Labute approximate surface area is 118 Å². The highest BCUT2D eigenvalue weighted by atomic mass is 32.2. The highest BCUT2D eigenvalue weighted by Crippen LogP contribution is 2.14. The fraction of sp³-hybridized carbons (Fsp3) is 0.692. The smallest absolute Gasteiger partial charge is 0.187 e. The van der Waals surface area contributed by atoms with Gasteiger partial charge in [0.25, 0.3) is 0 Å². The van der Waals surface area contributed by atoms with Crippen LogP contribution in [0.15, 0.2) is 17.6 Å². The van der Waals surface area contributed by atoms with Crippen LogP contribution in [0, 0.1) is 0 Å². The summed E-state index contributed by atoms with van der Waals surface area (Å²) in [4.78, 5) is 11.1. The van der Waals surface area contributed by atoms with Crippen LogP contribution in [0.25, 0.3) is 0 Å². The molecule has 2 rings (SSSR count). The summed E-state index contributed by atoms with van der Waals surface area (Å²) in [6, 6.07) is 0. The summed E-state index contributed by atoms with van der Waals surface area (Å²) in [7, 11) is 0. The minimum Gasteiger partial charge on any atom is -0.374 e. The van der Waals surface area contributed by atoms with E-state index in [0.717, 1.165) is 49.1 Å². The Hall–Kier alpha value is -0.690. The van der Waals surface area contributed by atoms with E-state index in [9.17, 15) is 0 Å². The SMILES string of the molecule is CCCSc1ncc(CN2CCO[C@@H](CN)C2)cn1. The summed E-state index contributed by atoms with van der Waals surface area (Å²) in [6.45, 7) is 6.21. The molecule has 0 amide bonds. The molecule has 5 nitrogen and oxygen atoms in total. The summed E-state index contributed by atoms with van der Waals surface area (Å²) in [5.74, 6) is 1.07. The molecule has 1 aliphatic rings. The molecule has 0 aromatic carbocycles.